The minimum atomic E-state index is -0.207. The summed E-state index contributed by atoms with van der Waals surface area (Å²) in [6, 6.07) is 0.336. The Bertz CT molecular complexity index is 528. The van der Waals surface area contributed by atoms with Gasteiger partial charge in [-0.1, -0.05) is 25.4 Å². The molecule has 2 atom stereocenters. The zero-order chi connectivity index (χ0) is 14.9. The monoisotopic (exact) mass is 298 g/mol. The van der Waals surface area contributed by atoms with Crippen LogP contribution in [0.3, 0.4) is 0 Å². The third-order valence-electron chi connectivity index (χ3n) is 3.81. The molecule has 0 aliphatic carbocycles. The van der Waals surface area contributed by atoms with Gasteiger partial charge in [-0.3, -0.25) is 4.79 Å². The summed E-state index contributed by atoms with van der Waals surface area (Å²) in [6.07, 6.45) is 2.74. The summed E-state index contributed by atoms with van der Waals surface area (Å²) in [5.41, 5.74) is 6.27. The first-order valence-corrected chi connectivity index (χ1v) is 7.54. The Morgan fingerprint density at radius 1 is 1.55 bits per heavy atom. The van der Waals surface area contributed by atoms with Gasteiger partial charge in [0.1, 0.15) is 5.02 Å². The Hall–Kier alpha value is -1.07. The SMILES string of the molecule is CC(C)Cn1ncc(N2CC(CN)CC2C)c(Cl)c1=O. The number of anilines is 1. The van der Waals surface area contributed by atoms with Crippen LogP contribution in [0.1, 0.15) is 27.2 Å². The smallest absolute Gasteiger partial charge is 0.287 e. The van der Waals surface area contributed by atoms with Gasteiger partial charge >= 0.3 is 0 Å². The second-order valence-electron chi connectivity index (χ2n) is 6.06. The largest absolute Gasteiger partial charge is 0.366 e. The zero-order valence-corrected chi connectivity index (χ0v) is 13.1. The van der Waals surface area contributed by atoms with Gasteiger partial charge in [0, 0.05) is 19.1 Å². The zero-order valence-electron chi connectivity index (χ0n) is 12.3. The first-order chi connectivity index (χ1) is 9.43. The molecule has 1 aromatic rings. The molecule has 0 bridgehead atoms. The van der Waals surface area contributed by atoms with Crippen molar-refractivity contribution in [3.8, 4) is 0 Å². The van der Waals surface area contributed by atoms with Gasteiger partial charge in [-0.15, -0.1) is 0 Å². The predicted molar refractivity (Wildman–Crippen MR) is 82.3 cm³/mol. The van der Waals surface area contributed by atoms with Gasteiger partial charge in [0.05, 0.1) is 11.9 Å². The van der Waals surface area contributed by atoms with E-state index < -0.39 is 0 Å². The van der Waals surface area contributed by atoms with E-state index in [0.29, 0.717) is 31.0 Å². The van der Waals surface area contributed by atoms with Crippen molar-refractivity contribution < 1.29 is 0 Å². The Morgan fingerprint density at radius 2 is 2.25 bits per heavy atom. The molecule has 6 heteroatoms. The fraction of sp³-hybridized carbons (Fsp3) is 0.714. The summed E-state index contributed by atoms with van der Waals surface area (Å²) in [5.74, 6) is 0.814. The quantitative estimate of drug-likeness (QED) is 0.919. The van der Waals surface area contributed by atoms with Crippen LogP contribution in [0.5, 0.6) is 0 Å². The third kappa shape index (κ3) is 2.99. The molecule has 0 aromatic carbocycles. The molecule has 1 fully saturated rings. The molecule has 20 heavy (non-hydrogen) atoms. The van der Waals surface area contributed by atoms with Crippen LogP contribution in [0, 0.1) is 11.8 Å². The van der Waals surface area contributed by atoms with Gasteiger partial charge in [0.2, 0.25) is 0 Å². The maximum Gasteiger partial charge on any atom is 0.287 e. The van der Waals surface area contributed by atoms with Crippen molar-refractivity contribution in [3.05, 3.63) is 21.6 Å². The first kappa shape index (κ1) is 15.3. The molecule has 2 N–H and O–H groups in total. The van der Waals surface area contributed by atoms with Gasteiger partial charge in [0.25, 0.3) is 5.56 Å². The van der Waals surface area contributed by atoms with E-state index in [2.05, 4.69) is 16.9 Å². The summed E-state index contributed by atoms with van der Waals surface area (Å²) >= 11 is 6.27. The lowest BCUT2D eigenvalue weighted by molar-refractivity contribution is 0.463. The van der Waals surface area contributed by atoms with E-state index in [-0.39, 0.29) is 10.6 Å². The Balaban J connectivity index is 2.30. The number of halogens is 1. The van der Waals surface area contributed by atoms with E-state index in [1.54, 1.807) is 6.20 Å². The van der Waals surface area contributed by atoms with E-state index in [9.17, 15) is 4.79 Å². The average molecular weight is 299 g/mol. The minimum absolute atomic E-state index is 0.207. The fourth-order valence-electron chi connectivity index (χ4n) is 2.78. The molecule has 112 valence electrons. The highest BCUT2D eigenvalue weighted by atomic mass is 35.5. The molecule has 0 amide bonds. The van der Waals surface area contributed by atoms with E-state index in [0.717, 1.165) is 18.7 Å². The topological polar surface area (TPSA) is 64.2 Å². The second kappa shape index (κ2) is 6.14. The van der Waals surface area contributed by atoms with Crippen molar-refractivity contribution in [2.75, 3.05) is 18.0 Å². The van der Waals surface area contributed by atoms with Crippen molar-refractivity contribution in [1.29, 1.82) is 0 Å². The van der Waals surface area contributed by atoms with Gasteiger partial charge in [-0.2, -0.15) is 5.10 Å². The van der Waals surface area contributed by atoms with Crippen LogP contribution in [0.2, 0.25) is 5.02 Å². The molecule has 2 rings (SSSR count). The second-order valence-corrected chi connectivity index (χ2v) is 6.44. The lowest BCUT2D eigenvalue weighted by Crippen LogP contribution is -2.32. The van der Waals surface area contributed by atoms with Crippen molar-refractivity contribution in [1.82, 2.24) is 9.78 Å². The van der Waals surface area contributed by atoms with Crippen molar-refractivity contribution in [2.24, 2.45) is 17.6 Å². The van der Waals surface area contributed by atoms with E-state index in [1.807, 2.05) is 13.8 Å². The molecule has 2 unspecified atom stereocenters. The maximum absolute atomic E-state index is 12.3. The molecule has 0 spiro atoms. The summed E-state index contributed by atoms with van der Waals surface area (Å²) in [4.78, 5) is 14.4. The highest BCUT2D eigenvalue weighted by molar-refractivity contribution is 6.33. The number of hydrogen-bond acceptors (Lipinski definition) is 4. The number of aromatic nitrogens is 2. The van der Waals surface area contributed by atoms with Crippen LogP contribution in [-0.2, 0) is 6.54 Å². The molecular formula is C14H23ClN4O. The first-order valence-electron chi connectivity index (χ1n) is 7.16. The normalized spacial score (nSPS) is 22.8. The van der Waals surface area contributed by atoms with Crippen LogP contribution >= 0.6 is 11.6 Å². The Morgan fingerprint density at radius 3 is 2.80 bits per heavy atom. The van der Waals surface area contributed by atoms with Crippen LogP contribution in [0.4, 0.5) is 5.69 Å². The van der Waals surface area contributed by atoms with Crippen molar-refractivity contribution in [3.63, 3.8) is 0 Å². The highest BCUT2D eigenvalue weighted by Gasteiger charge is 2.30. The van der Waals surface area contributed by atoms with Gasteiger partial charge < -0.3 is 10.6 Å². The highest BCUT2D eigenvalue weighted by Crippen LogP contribution is 2.31. The summed E-state index contributed by atoms with van der Waals surface area (Å²) in [7, 11) is 0. The van der Waals surface area contributed by atoms with Gasteiger partial charge in [-0.05, 0) is 31.7 Å². The number of nitrogens with two attached hydrogens (primary N) is 1. The van der Waals surface area contributed by atoms with Crippen LogP contribution in [0.25, 0.3) is 0 Å². The van der Waals surface area contributed by atoms with Crippen molar-refractivity contribution >= 4 is 17.3 Å². The van der Waals surface area contributed by atoms with E-state index in [4.69, 9.17) is 17.3 Å². The minimum Gasteiger partial charge on any atom is -0.366 e. The summed E-state index contributed by atoms with van der Waals surface area (Å²) in [5, 5.41) is 4.52. The fourth-order valence-corrected chi connectivity index (χ4v) is 3.04. The number of rotatable bonds is 4. The molecule has 1 saturated heterocycles. The Labute approximate surface area is 124 Å². The van der Waals surface area contributed by atoms with Gasteiger partial charge in [0.15, 0.2) is 0 Å². The van der Waals surface area contributed by atoms with E-state index >= 15 is 0 Å². The van der Waals surface area contributed by atoms with Crippen LogP contribution < -0.4 is 16.2 Å². The lowest BCUT2D eigenvalue weighted by Gasteiger charge is -2.24. The third-order valence-corrected chi connectivity index (χ3v) is 4.16. The maximum atomic E-state index is 12.3. The summed E-state index contributed by atoms with van der Waals surface area (Å²) in [6.45, 7) is 8.31. The van der Waals surface area contributed by atoms with Crippen LogP contribution in [-0.4, -0.2) is 28.9 Å². The number of nitrogens with zero attached hydrogens (tertiary/aromatic N) is 3. The molecule has 0 radical (unpaired) electrons. The predicted octanol–water partition coefficient (Wildman–Crippen LogP) is 1.73. The molecule has 0 saturated carbocycles. The Kier molecular flexibility index (Phi) is 4.70. The lowest BCUT2D eigenvalue weighted by atomic mass is 10.1. The average Bonchev–Trinajstić information content (AvgIpc) is 2.76. The molecular weight excluding hydrogens is 276 g/mol. The standard InChI is InChI=1S/C14H23ClN4O/c1-9(2)7-19-14(20)13(15)12(6-17-19)18-8-11(5-16)4-10(18)3/h6,9-11H,4-5,7-8,16H2,1-3H3. The van der Waals surface area contributed by atoms with E-state index in [1.165, 1.54) is 4.68 Å². The number of hydrogen-bond donors (Lipinski definition) is 1. The molecule has 1 aliphatic heterocycles. The molecule has 1 aliphatic rings. The molecule has 2 heterocycles. The van der Waals surface area contributed by atoms with Crippen molar-refractivity contribution in [2.45, 2.75) is 39.8 Å². The molecule has 1 aromatic heterocycles. The van der Waals surface area contributed by atoms with Gasteiger partial charge in [-0.25, -0.2) is 4.68 Å². The summed E-state index contributed by atoms with van der Waals surface area (Å²) < 4.78 is 1.44. The molecule has 5 nitrogen and oxygen atoms in total. The van der Waals surface area contributed by atoms with Crippen LogP contribution in [0.15, 0.2) is 11.0 Å².